The molecule has 1 saturated carbocycles. The molecule has 1 aliphatic carbocycles. The van der Waals surface area contributed by atoms with Gasteiger partial charge in [0.15, 0.2) is 0 Å². The van der Waals surface area contributed by atoms with E-state index in [1.165, 1.54) is 12.8 Å². The van der Waals surface area contributed by atoms with Gasteiger partial charge in [0.1, 0.15) is 6.61 Å². The molecule has 2 atom stereocenters. The van der Waals surface area contributed by atoms with Crippen LogP contribution >= 0.6 is 0 Å². The van der Waals surface area contributed by atoms with Crippen molar-refractivity contribution >= 4 is 5.91 Å². The highest BCUT2D eigenvalue weighted by molar-refractivity contribution is 5.78. The van der Waals surface area contributed by atoms with Crippen LogP contribution < -0.4 is 5.32 Å². The molecular formula is C15H26N2O3. The van der Waals surface area contributed by atoms with Crippen LogP contribution in [0.1, 0.15) is 38.5 Å². The average Bonchev–Trinajstić information content (AvgIpc) is 2.53. The number of carbonyl (C=O) groups is 1. The highest BCUT2D eigenvalue weighted by Crippen LogP contribution is 2.28. The summed E-state index contributed by atoms with van der Waals surface area (Å²) < 4.78 is 11.6. The maximum Gasteiger partial charge on any atom is 0.249 e. The Hall–Kier alpha value is -0.650. The molecule has 0 aromatic carbocycles. The molecule has 114 valence electrons. The molecule has 3 rings (SSSR count). The fraction of sp³-hybridized carbons (Fsp3) is 0.933. The maximum absolute atomic E-state index is 12.4. The predicted molar refractivity (Wildman–Crippen MR) is 75.6 cm³/mol. The summed E-state index contributed by atoms with van der Waals surface area (Å²) >= 11 is 0. The summed E-state index contributed by atoms with van der Waals surface area (Å²) in [4.78, 5) is 14.4. The number of rotatable bonds is 3. The van der Waals surface area contributed by atoms with Crippen molar-refractivity contribution in [2.24, 2.45) is 0 Å². The van der Waals surface area contributed by atoms with E-state index in [9.17, 15) is 4.79 Å². The molecule has 2 saturated heterocycles. The fourth-order valence-corrected chi connectivity index (χ4v) is 3.64. The number of amides is 1. The van der Waals surface area contributed by atoms with Gasteiger partial charge in [0, 0.05) is 6.54 Å². The Labute approximate surface area is 121 Å². The summed E-state index contributed by atoms with van der Waals surface area (Å²) in [6, 6.07) is 0.293. The topological polar surface area (TPSA) is 50.8 Å². The second-order valence-electron chi connectivity index (χ2n) is 6.11. The number of piperidine rings is 1. The molecule has 2 aliphatic heterocycles. The minimum atomic E-state index is 0.156. The number of ether oxygens (including phenoxy) is 2. The van der Waals surface area contributed by atoms with E-state index in [0.29, 0.717) is 12.6 Å². The molecule has 3 aliphatic rings. The summed E-state index contributed by atoms with van der Waals surface area (Å²) in [6.45, 7) is 3.66. The minimum Gasteiger partial charge on any atom is -0.374 e. The van der Waals surface area contributed by atoms with Gasteiger partial charge in [-0.1, -0.05) is 12.8 Å². The number of hydrogen-bond donors (Lipinski definition) is 1. The number of morpholine rings is 1. The van der Waals surface area contributed by atoms with Gasteiger partial charge in [0.05, 0.1) is 24.9 Å². The van der Waals surface area contributed by atoms with Crippen LogP contribution in [-0.4, -0.2) is 61.9 Å². The molecular weight excluding hydrogens is 256 g/mol. The van der Waals surface area contributed by atoms with Crippen molar-refractivity contribution in [3.8, 4) is 0 Å². The Bertz CT molecular complexity index is 329. The molecule has 0 aromatic rings. The lowest BCUT2D eigenvalue weighted by Crippen LogP contribution is -2.55. The van der Waals surface area contributed by atoms with Gasteiger partial charge in [-0.15, -0.1) is 0 Å². The van der Waals surface area contributed by atoms with Gasteiger partial charge in [0.2, 0.25) is 5.91 Å². The van der Waals surface area contributed by atoms with E-state index >= 15 is 0 Å². The van der Waals surface area contributed by atoms with Crippen LogP contribution in [0.2, 0.25) is 0 Å². The van der Waals surface area contributed by atoms with Crippen molar-refractivity contribution < 1.29 is 14.3 Å². The molecule has 1 N–H and O–H groups in total. The van der Waals surface area contributed by atoms with E-state index in [1.54, 1.807) is 0 Å². The third-order valence-corrected chi connectivity index (χ3v) is 4.78. The van der Waals surface area contributed by atoms with Crippen molar-refractivity contribution in [1.82, 2.24) is 10.2 Å². The number of fused-ring (bicyclic) bond motifs is 1. The van der Waals surface area contributed by atoms with Crippen LogP contribution in [0.5, 0.6) is 0 Å². The Morgan fingerprint density at radius 1 is 1.20 bits per heavy atom. The Kier molecular flexibility index (Phi) is 4.91. The molecule has 5 nitrogen and oxygen atoms in total. The van der Waals surface area contributed by atoms with E-state index in [4.69, 9.17) is 9.47 Å². The first-order valence-electron chi connectivity index (χ1n) is 8.08. The van der Waals surface area contributed by atoms with Crippen molar-refractivity contribution in [2.75, 3.05) is 32.8 Å². The second kappa shape index (κ2) is 6.87. The molecule has 0 radical (unpaired) electrons. The van der Waals surface area contributed by atoms with Crippen LogP contribution in [0, 0.1) is 0 Å². The average molecular weight is 282 g/mol. The molecule has 3 fully saturated rings. The van der Waals surface area contributed by atoms with Crippen LogP contribution in [0.15, 0.2) is 0 Å². The maximum atomic E-state index is 12.4. The SMILES string of the molecule is O=C(COC1CCNCC1)N1CCOC2CCCCC21. The standard InChI is InChI=1S/C15H26N2O3/c18-15(11-20-12-5-7-16-8-6-12)17-9-10-19-14-4-2-1-3-13(14)17/h12-14,16H,1-11H2. The quantitative estimate of drug-likeness (QED) is 0.836. The summed E-state index contributed by atoms with van der Waals surface area (Å²) in [7, 11) is 0. The Balaban J connectivity index is 1.50. The van der Waals surface area contributed by atoms with E-state index < -0.39 is 0 Å². The molecule has 2 unspecified atom stereocenters. The van der Waals surface area contributed by atoms with E-state index in [2.05, 4.69) is 5.32 Å². The van der Waals surface area contributed by atoms with Gasteiger partial charge in [-0.2, -0.15) is 0 Å². The van der Waals surface area contributed by atoms with Gasteiger partial charge in [-0.3, -0.25) is 4.79 Å². The van der Waals surface area contributed by atoms with Crippen LogP contribution in [0.25, 0.3) is 0 Å². The van der Waals surface area contributed by atoms with Crippen molar-refractivity contribution in [3.05, 3.63) is 0 Å². The summed E-state index contributed by atoms with van der Waals surface area (Å²) in [5.74, 6) is 0.156. The minimum absolute atomic E-state index is 0.156. The Morgan fingerprint density at radius 2 is 2.00 bits per heavy atom. The summed E-state index contributed by atoms with van der Waals surface area (Å²) in [5.41, 5.74) is 0. The lowest BCUT2D eigenvalue weighted by atomic mass is 9.90. The van der Waals surface area contributed by atoms with E-state index in [-0.39, 0.29) is 24.7 Å². The first kappa shape index (κ1) is 14.3. The van der Waals surface area contributed by atoms with Gasteiger partial charge in [-0.25, -0.2) is 0 Å². The highest BCUT2D eigenvalue weighted by atomic mass is 16.5. The predicted octanol–water partition coefficient (Wildman–Crippen LogP) is 0.925. The molecule has 20 heavy (non-hydrogen) atoms. The van der Waals surface area contributed by atoms with Gasteiger partial charge in [-0.05, 0) is 38.8 Å². The summed E-state index contributed by atoms with van der Waals surface area (Å²) in [6.07, 6.45) is 7.18. The molecule has 0 spiro atoms. The van der Waals surface area contributed by atoms with Crippen LogP contribution in [-0.2, 0) is 14.3 Å². The highest BCUT2D eigenvalue weighted by Gasteiger charge is 2.36. The number of nitrogens with one attached hydrogen (secondary N) is 1. The third-order valence-electron chi connectivity index (χ3n) is 4.78. The lowest BCUT2D eigenvalue weighted by Gasteiger charge is -2.43. The third kappa shape index (κ3) is 3.32. The zero-order valence-electron chi connectivity index (χ0n) is 12.2. The monoisotopic (exact) mass is 282 g/mol. The van der Waals surface area contributed by atoms with Gasteiger partial charge >= 0.3 is 0 Å². The number of carbonyl (C=O) groups excluding carboxylic acids is 1. The van der Waals surface area contributed by atoms with E-state index in [1.807, 2.05) is 4.90 Å². The second-order valence-corrected chi connectivity index (χ2v) is 6.11. The first-order chi connectivity index (χ1) is 9.84. The van der Waals surface area contributed by atoms with Crippen molar-refractivity contribution in [2.45, 2.75) is 56.8 Å². The molecule has 1 amide bonds. The van der Waals surface area contributed by atoms with Crippen molar-refractivity contribution in [3.63, 3.8) is 0 Å². The number of hydrogen-bond acceptors (Lipinski definition) is 4. The van der Waals surface area contributed by atoms with E-state index in [0.717, 1.165) is 45.3 Å². The van der Waals surface area contributed by atoms with Gasteiger partial charge < -0.3 is 19.7 Å². The zero-order valence-corrected chi connectivity index (χ0v) is 12.2. The smallest absolute Gasteiger partial charge is 0.249 e. The van der Waals surface area contributed by atoms with Crippen molar-refractivity contribution in [1.29, 1.82) is 0 Å². The zero-order chi connectivity index (χ0) is 13.8. The molecule has 0 aromatic heterocycles. The fourth-order valence-electron chi connectivity index (χ4n) is 3.64. The Morgan fingerprint density at radius 3 is 2.85 bits per heavy atom. The van der Waals surface area contributed by atoms with Crippen LogP contribution in [0.4, 0.5) is 0 Å². The first-order valence-corrected chi connectivity index (χ1v) is 8.08. The van der Waals surface area contributed by atoms with Gasteiger partial charge in [0.25, 0.3) is 0 Å². The normalized spacial score (nSPS) is 31.9. The lowest BCUT2D eigenvalue weighted by molar-refractivity contribution is -0.156. The molecule has 5 heteroatoms. The largest absolute Gasteiger partial charge is 0.374 e. The van der Waals surface area contributed by atoms with Crippen LogP contribution in [0.3, 0.4) is 0 Å². The number of nitrogens with zero attached hydrogens (tertiary/aromatic N) is 1. The molecule has 0 bridgehead atoms. The molecule has 2 heterocycles. The summed E-state index contributed by atoms with van der Waals surface area (Å²) in [5, 5.41) is 3.31.